The highest BCUT2D eigenvalue weighted by molar-refractivity contribution is 5.79. The molecule has 0 saturated carbocycles. The van der Waals surface area contributed by atoms with Crippen LogP contribution in [0.5, 0.6) is 0 Å². The van der Waals surface area contributed by atoms with Crippen LogP contribution in [0.15, 0.2) is 0 Å². The smallest absolute Gasteiger partial charge is 0.227 e. The average Bonchev–Trinajstić information content (AvgIpc) is 2.75. The van der Waals surface area contributed by atoms with Gasteiger partial charge in [0.15, 0.2) is 0 Å². The summed E-state index contributed by atoms with van der Waals surface area (Å²) in [7, 11) is 0. The van der Waals surface area contributed by atoms with Gasteiger partial charge in [0.05, 0.1) is 12.5 Å². The maximum atomic E-state index is 13.1. The molecule has 0 aliphatic carbocycles. The molecular formula is C22H41N3O6. The predicted molar refractivity (Wildman–Crippen MR) is 116 cm³/mol. The van der Waals surface area contributed by atoms with Gasteiger partial charge in [-0.1, -0.05) is 13.8 Å². The molecule has 2 aliphatic rings. The lowest BCUT2D eigenvalue weighted by Gasteiger charge is -2.34. The lowest BCUT2D eigenvalue weighted by atomic mass is 9.98. The van der Waals surface area contributed by atoms with E-state index in [1.807, 2.05) is 18.7 Å². The second kappa shape index (κ2) is 13.3. The Morgan fingerprint density at radius 3 is 2.45 bits per heavy atom. The minimum atomic E-state index is -1.41. The van der Waals surface area contributed by atoms with Gasteiger partial charge < -0.3 is 35.2 Å². The van der Waals surface area contributed by atoms with Crippen molar-refractivity contribution in [2.45, 2.75) is 64.3 Å². The maximum absolute atomic E-state index is 13.1. The van der Waals surface area contributed by atoms with Crippen molar-refractivity contribution in [3.63, 3.8) is 0 Å². The molecule has 2 rings (SSSR count). The Bertz CT molecular complexity index is 555. The summed E-state index contributed by atoms with van der Waals surface area (Å²) in [6.07, 6.45) is -0.311. The van der Waals surface area contributed by atoms with Gasteiger partial charge in [0, 0.05) is 45.8 Å². The van der Waals surface area contributed by atoms with Gasteiger partial charge in [0.25, 0.3) is 0 Å². The Kier molecular flexibility index (Phi) is 11.2. The molecule has 0 unspecified atom stereocenters. The maximum Gasteiger partial charge on any atom is 0.227 e. The second-order valence-electron chi connectivity index (χ2n) is 9.21. The lowest BCUT2D eigenvalue weighted by molar-refractivity contribution is -0.141. The van der Waals surface area contributed by atoms with Crippen LogP contribution < -0.4 is 5.32 Å². The first-order valence-corrected chi connectivity index (χ1v) is 11.7. The molecule has 180 valence electrons. The van der Waals surface area contributed by atoms with E-state index in [1.54, 1.807) is 0 Å². The van der Waals surface area contributed by atoms with Crippen molar-refractivity contribution in [2.75, 3.05) is 52.5 Å². The van der Waals surface area contributed by atoms with Gasteiger partial charge in [-0.2, -0.15) is 0 Å². The van der Waals surface area contributed by atoms with Crippen LogP contribution in [0.2, 0.25) is 0 Å². The summed E-state index contributed by atoms with van der Waals surface area (Å²) in [6, 6.07) is 0. The van der Waals surface area contributed by atoms with E-state index in [0.29, 0.717) is 39.1 Å². The third kappa shape index (κ3) is 8.65. The summed E-state index contributed by atoms with van der Waals surface area (Å²) in [5.41, 5.74) is 0. The number of ether oxygens (including phenoxy) is 1. The Hall–Kier alpha value is -1.26. The molecule has 0 aromatic heterocycles. The van der Waals surface area contributed by atoms with Gasteiger partial charge in [0.1, 0.15) is 18.3 Å². The minimum absolute atomic E-state index is 0.0498. The van der Waals surface area contributed by atoms with Crippen LogP contribution in [0.25, 0.3) is 0 Å². The van der Waals surface area contributed by atoms with Crippen molar-refractivity contribution in [2.24, 2.45) is 11.8 Å². The van der Waals surface area contributed by atoms with Gasteiger partial charge in [-0.15, -0.1) is 0 Å². The van der Waals surface area contributed by atoms with Crippen LogP contribution in [0.3, 0.4) is 0 Å². The molecule has 2 aliphatic heterocycles. The number of hydrogen-bond donors (Lipinski definition) is 4. The summed E-state index contributed by atoms with van der Waals surface area (Å²) >= 11 is 0. The Labute approximate surface area is 185 Å². The number of piperidine rings is 1. The molecule has 2 amide bonds. The number of nitrogens with one attached hydrogen (secondary N) is 1. The topological polar surface area (TPSA) is 123 Å². The lowest BCUT2D eigenvalue weighted by Crippen LogP contribution is -2.51. The van der Waals surface area contributed by atoms with Crippen molar-refractivity contribution in [1.29, 1.82) is 0 Å². The fourth-order valence-corrected chi connectivity index (χ4v) is 4.09. The molecule has 0 aromatic carbocycles. The number of hydrogen-bond acceptors (Lipinski definition) is 7. The first-order valence-electron chi connectivity index (χ1n) is 11.7. The van der Waals surface area contributed by atoms with E-state index in [-0.39, 0.29) is 43.3 Å². The molecule has 4 atom stereocenters. The van der Waals surface area contributed by atoms with Gasteiger partial charge in [-0.05, 0) is 38.1 Å². The van der Waals surface area contributed by atoms with Gasteiger partial charge >= 0.3 is 0 Å². The van der Waals surface area contributed by atoms with Crippen LogP contribution in [0.4, 0.5) is 0 Å². The summed E-state index contributed by atoms with van der Waals surface area (Å²) < 4.78 is 5.43. The molecule has 2 saturated heterocycles. The summed E-state index contributed by atoms with van der Waals surface area (Å²) in [6.45, 7) is 6.97. The molecule has 4 N–H and O–H groups in total. The number of carbonyl (C=O) groups is 2. The molecule has 0 bridgehead atoms. The van der Waals surface area contributed by atoms with Gasteiger partial charge in [-0.25, -0.2) is 0 Å². The normalized spacial score (nSPS) is 30.1. The zero-order valence-electron chi connectivity index (χ0n) is 19.0. The fourth-order valence-electron chi connectivity index (χ4n) is 4.09. The molecule has 9 nitrogen and oxygen atoms in total. The van der Waals surface area contributed by atoms with E-state index < -0.39 is 18.3 Å². The number of β-amino-alcohol motifs (C(OH)–C–C–N with tert-alkyl or cyclic N) is 1. The molecular weight excluding hydrogens is 402 g/mol. The van der Waals surface area contributed by atoms with E-state index in [9.17, 15) is 24.9 Å². The number of carbonyl (C=O) groups excluding carboxylic acids is 2. The number of rotatable bonds is 3. The molecule has 0 spiro atoms. The molecule has 31 heavy (non-hydrogen) atoms. The second-order valence-corrected chi connectivity index (χ2v) is 9.21. The van der Waals surface area contributed by atoms with Crippen LogP contribution in [0, 0.1) is 11.8 Å². The summed E-state index contributed by atoms with van der Waals surface area (Å²) in [4.78, 5) is 29.3. The Morgan fingerprint density at radius 1 is 1.03 bits per heavy atom. The van der Waals surface area contributed by atoms with Gasteiger partial charge in [-0.3, -0.25) is 9.59 Å². The SMILES string of the molecule is CC(C)CC(=O)N1CCN(C(=O)[C@H]2CCCNC2)CCCCOC[C@@H](O)[C@H](O)[C@@H](O)C1. The highest BCUT2D eigenvalue weighted by Gasteiger charge is 2.30. The standard InChI is InChI=1S/C22H41N3O6/c1-16(2)12-20(28)25-10-9-24(22(30)17-6-5-7-23-13-17)8-3-4-11-31-15-19(27)21(29)18(26)14-25/h16-19,21,23,26-27,29H,3-15H2,1-2H3/t17-,18-,19+,21+/m0/s1. The number of nitrogens with zero attached hydrogens (tertiary/aromatic N) is 2. The average molecular weight is 444 g/mol. The highest BCUT2D eigenvalue weighted by Crippen LogP contribution is 2.15. The van der Waals surface area contributed by atoms with E-state index in [4.69, 9.17) is 4.74 Å². The first kappa shape index (κ1) is 26.0. The third-order valence-electron chi connectivity index (χ3n) is 5.98. The Balaban J connectivity index is 2.13. The van der Waals surface area contributed by atoms with E-state index in [2.05, 4.69) is 5.32 Å². The van der Waals surface area contributed by atoms with Crippen LogP contribution in [-0.4, -0.2) is 108 Å². The van der Waals surface area contributed by atoms with E-state index >= 15 is 0 Å². The minimum Gasteiger partial charge on any atom is -0.388 e. The Morgan fingerprint density at radius 2 is 1.77 bits per heavy atom. The first-order chi connectivity index (χ1) is 14.8. The number of aliphatic hydroxyl groups is 3. The quantitative estimate of drug-likeness (QED) is 0.467. The number of aliphatic hydroxyl groups excluding tert-OH is 3. The third-order valence-corrected chi connectivity index (χ3v) is 5.98. The van der Waals surface area contributed by atoms with E-state index in [0.717, 1.165) is 25.8 Å². The van der Waals surface area contributed by atoms with Crippen molar-refractivity contribution in [1.82, 2.24) is 15.1 Å². The molecule has 0 radical (unpaired) electrons. The molecule has 9 heteroatoms. The monoisotopic (exact) mass is 443 g/mol. The zero-order valence-corrected chi connectivity index (χ0v) is 19.0. The fraction of sp³-hybridized carbons (Fsp3) is 0.909. The molecule has 2 fully saturated rings. The van der Waals surface area contributed by atoms with Crippen molar-refractivity contribution >= 4 is 11.8 Å². The summed E-state index contributed by atoms with van der Waals surface area (Å²) in [5, 5.41) is 34.1. The van der Waals surface area contributed by atoms with Crippen LogP contribution in [-0.2, 0) is 14.3 Å². The van der Waals surface area contributed by atoms with Crippen molar-refractivity contribution < 1.29 is 29.6 Å². The van der Waals surface area contributed by atoms with Gasteiger partial charge in [0.2, 0.25) is 11.8 Å². The highest BCUT2D eigenvalue weighted by atomic mass is 16.5. The summed E-state index contributed by atoms with van der Waals surface area (Å²) in [5.74, 6) is 0.0669. The largest absolute Gasteiger partial charge is 0.388 e. The van der Waals surface area contributed by atoms with Crippen LogP contribution in [0.1, 0.15) is 46.0 Å². The molecule has 0 aromatic rings. The molecule has 2 heterocycles. The van der Waals surface area contributed by atoms with E-state index in [1.165, 1.54) is 4.90 Å². The predicted octanol–water partition coefficient (Wildman–Crippen LogP) is -0.418. The van der Waals surface area contributed by atoms with Crippen LogP contribution >= 0.6 is 0 Å². The van der Waals surface area contributed by atoms with Crippen molar-refractivity contribution in [3.8, 4) is 0 Å². The number of amides is 2. The van der Waals surface area contributed by atoms with Crippen molar-refractivity contribution in [3.05, 3.63) is 0 Å². The zero-order chi connectivity index (χ0) is 22.8.